The first-order valence-corrected chi connectivity index (χ1v) is 5.71. The Morgan fingerprint density at radius 3 is 1.85 bits per heavy atom. The average Bonchev–Trinajstić information content (AvgIpc) is 1.79. The van der Waals surface area contributed by atoms with Crippen LogP contribution in [0.4, 0.5) is 0 Å². The van der Waals surface area contributed by atoms with E-state index >= 15 is 0 Å². The van der Waals surface area contributed by atoms with Crippen molar-refractivity contribution in [3.05, 3.63) is 0 Å². The summed E-state index contributed by atoms with van der Waals surface area (Å²) in [6, 6.07) is 0. The summed E-state index contributed by atoms with van der Waals surface area (Å²) in [5.74, 6) is 0. The Morgan fingerprint density at radius 1 is 1.15 bits per heavy atom. The fraction of sp³-hybridized carbons (Fsp3) is 1.00. The van der Waals surface area contributed by atoms with Gasteiger partial charge in [0, 0.05) is 13.5 Å². The lowest BCUT2D eigenvalue weighted by molar-refractivity contribution is -0.0855. The van der Waals surface area contributed by atoms with Crippen molar-refractivity contribution in [1.82, 2.24) is 0 Å². The van der Waals surface area contributed by atoms with Gasteiger partial charge in [0.05, 0.1) is 11.2 Å². The molecule has 0 atom stereocenters. The summed E-state index contributed by atoms with van der Waals surface area (Å²) in [4.78, 5) is 0. The minimum absolute atomic E-state index is 0.465. The summed E-state index contributed by atoms with van der Waals surface area (Å²) in [6.07, 6.45) is 0.688. The third-order valence-electron chi connectivity index (χ3n) is 1.79. The predicted octanol–water partition coefficient (Wildman–Crippen LogP) is 2.74. The largest absolute Gasteiger partial charge is 0.475 e. The molecule has 1 aliphatic heterocycles. The van der Waals surface area contributed by atoms with E-state index in [4.69, 9.17) is 13.6 Å². The van der Waals surface area contributed by atoms with Crippen LogP contribution in [0.3, 0.4) is 0 Å². The standard InChI is InChI=1S/C8H17O4P/c1-7(2)6-8(3,4)12-13(9,10-5)11-7/h6H2,1-5H3. The van der Waals surface area contributed by atoms with E-state index in [1.807, 2.05) is 27.7 Å². The molecule has 1 saturated heterocycles. The summed E-state index contributed by atoms with van der Waals surface area (Å²) < 4.78 is 27.0. The Morgan fingerprint density at radius 2 is 1.54 bits per heavy atom. The molecule has 4 nitrogen and oxygen atoms in total. The maximum absolute atomic E-state index is 11.8. The van der Waals surface area contributed by atoms with Crippen LogP contribution in [-0.4, -0.2) is 18.3 Å². The van der Waals surface area contributed by atoms with Crippen LogP contribution in [0.2, 0.25) is 0 Å². The number of hydrogen-bond donors (Lipinski definition) is 0. The zero-order valence-electron chi connectivity index (χ0n) is 8.79. The van der Waals surface area contributed by atoms with Gasteiger partial charge in [-0.05, 0) is 27.7 Å². The van der Waals surface area contributed by atoms with E-state index in [1.165, 1.54) is 7.11 Å². The number of phosphoric ester groups is 1. The lowest BCUT2D eigenvalue weighted by Crippen LogP contribution is -2.41. The van der Waals surface area contributed by atoms with Crippen molar-refractivity contribution in [2.45, 2.75) is 45.3 Å². The molecule has 0 aromatic carbocycles. The molecular weight excluding hydrogens is 191 g/mol. The molecule has 0 radical (unpaired) electrons. The zero-order chi connectivity index (χ0) is 10.3. The van der Waals surface area contributed by atoms with Crippen molar-refractivity contribution < 1.29 is 18.1 Å². The fourth-order valence-corrected chi connectivity index (χ4v) is 3.31. The molecular formula is C8H17O4P. The molecule has 1 rings (SSSR count). The molecule has 78 valence electrons. The number of rotatable bonds is 1. The van der Waals surface area contributed by atoms with Crippen molar-refractivity contribution in [2.24, 2.45) is 0 Å². The highest BCUT2D eigenvalue weighted by Crippen LogP contribution is 2.60. The van der Waals surface area contributed by atoms with Crippen molar-refractivity contribution >= 4 is 7.82 Å². The van der Waals surface area contributed by atoms with Crippen molar-refractivity contribution in [2.75, 3.05) is 7.11 Å². The molecule has 1 fully saturated rings. The molecule has 0 N–H and O–H groups in total. The minimum Gasteiger partial charge on any atom is -0.290 e. The zero-order valence-corrected chi connectivity index (χ0v) is 9.68. The summed E-state index contributed by atoms with van der Waals surface area (Å²) in [7, 11) is -2.01. The molecule has 1 aliphatic rings. The molecule has 0 spiro atoms. The summed E-state index contributed by atoms with van der Waals surface area (Å²) in [5.41, 5.74) is -0.930. The van der Waals surface area contributed by atoms with E-state index in [9.17, 15) is 4.57 Å². The molecule has 0 aliphatic carbocycles. The Labute approximate surface area is 79.2 Å². The van der Waals surface area contributed by atoms with Gasteiger partial charge in [0.2, 0.25) is 0 Å². The second-order valence-corrected chi connectivity index (χ2v) is 6.13. The molecule has 13 heavy (non-hydrogen) atoms. The van der Waals surface area contributed by atoms with E-state index in [0.29, 0.717) is 6.42 Å². The molecule has 0 amide bonds. The Kier molecular flexibility index (Phi) is 2.63. The van der Waals surface area contributed by atoms with Crippen LogP contribution in [0.25, 0.3) is 0 Å². The fourth-order valence-electron chi connectivity index (χ4n) is 1.79. The van der Waals surface area contributed by atoms with E-state index in [2.05, 4.69) is 0 Å². The Bertz CT molecular complexity index is 227. The van der Waals surface area contributed by atoms with Gasteiger partial charge >= 0.3 is 7.82 Å². The van der Waals surface area contributed by atoms with Gasteiger partial charge in [-0.1, -0.05) is 0 Å². The molecule has 0 unspecified atom stereocenters. The quantitative estimate of drug-likeness (QED) is 0.621. The minimum atomic E-state index is -3.34. The lowest BCUT2D eigenvalue weighted by atomic mass is 9.93. The highest BCUT2D eigenvalue weighted by molar-refractivity contribution is 7.48. The van der Waals surface area contributed by atoms with Crippen molar-refractivity contribution in [3.8, 4) is 0 Å². The normalized spacial score (nSPS) is 29.9. The monoisotopic (exact) mass is 208 g/mol. The highest BCUT2D eigenvalue weighted by atomic mass is 31.2. The van der Waals surface area contributed by atoms with Gasteiger partial charge in [-0.2, -0.15) is 0 Å². The molecule has 0 aromatic rings. The van der Waals surface area contributed by atoms with Gasteiger partial charge in [-0.3, -0.25) is 13.6 Å². The maximum atomic E-state index is 11.8. The van der Waals surface area contributed by atoms with Gasteiger partial charge in [0.1, 0.15) is 0 Å². The van der Waals surface area contributed by atoms with E-state index in [-0.39, 0.29) is 0 Å². The van der Waals surface area contributed by atoms with E-state index in [0.717, 1.165) is 0 Å². The molecule has 0 saturated carbocycles. The van der Waals surface area contributed by atoms with Gasteiger partial charge in [0.25, 0.3) is 0 Å². The van der Waals surface area contributed by atoms with Crippen LogP contribution >= 0.6 is 7.82 Å². The van der Waals surface area contributed by atoms with Crippen LogP contribution in [-0.2, 0) is 18.1 Å². The smallest absolute Gasteiger partial charge is 0.290 e. The van der Waals surface area contributed by atoms with Crippen molar-refractivity contribution in [3.63, 3.8) is 0 Å². The van der Waals surface area contributed by atoms with E-state index < -0.39 is 19.0 Å². The van der Waals surface area contributed by atoms with Crippen molar-refractivity contribution in [1.29, 1.82) is 0 Å². The van der Waals surface area contributed by atoms with Gasteiger partial charge < -0.3 is 0 Å². The predicted molar refractivity (Wildman–Crippen MR) is 49.6 cm³/mol. The van der Waals surface area contributed by atoms with Gasteiger partial charge in [0.15, 0.2) is 0 Å². The first kappa shape index (κ1) is 11.2. The average molecular weight is 208 g/mol. The third-order valence-corrected chi connectivity index (χ3v) is 3.68. The van der Waals surface area contributed by atoms with Crippen LogP contribution in [0, 0.1) is 0 Å². The number of hydrogen-bond acceptors (Lipinski definition) is 4. The van der Waals surface area contributed by atoms with Crippen LogP contribution in [0.15, 0.2) is 0 Å². The summed E-state index contributed by atoms with van der Waals surface area (Å²) >= 11 is 0. The number of phosphoric acid groups is 1. The molecule has 0 bridgehead atoms. The maximum Gasteiger partial charge on any atom is 0.475 e. The Hall–Kier alpha value is 0.110. The van der Waals surface area contributed by atoms with Crippen LogP contribution < -0.4 is 0 Å². The first-order valence-electron chi connectivity index (χ1n) is 4.25. The van der Waals surface area contributed by atoms with Gasteiger partial charge in [-0.25, -0.2) is 4.57 Å². The summed E-state index contributed by atoms with van der Waals surface area (Å²) in [5, 5.41) is 0. The molecule has 0 aromatic heterocycles. The van der Waals surface area contributed by atoms with Crippen LogP contribution in [0.1, 0.15) is 34.1 Å². The summed E-state index contributed by atoms with van der Waals surface area (Å²) in [6.45, 7) is 7.51. The Balaban J connectivity index is 2.91. The van der Waals surface area contributed by atoms with E-state index in [1.54, 1.807) is 0 Å². The lowest BCUT2D eigenvalue weighted by Gasteiger charge is -2.42. The first-order chi connectivity index (χ1) is 5.68. The SMILES string of the molecule is COP1(=O)OC(C)(C)CC(C)(C)O1. The highest BCUT2D eigenvalue weighted by Gasteiger charge is 2.47. The topological polar surface area (TPSA) is 44.8 Å². The van der Waals surface area contributed by atoms with Crippen LogP contribution in [0.5, 0.6) is 0 Å². The van der Waals surface area contributed by atoms with Gasteiger partial charge in [-0.15, -0.1) is 0 Å². The molecule has 1 heterocycles. The second-order valence-electron chi connectivity index (χ2n) is 4.51. The second kappa shape index (κ2) is 3.06. The third kappa shape index (κ3) is 2.78. The molecule has 5 heteroatoms.